The average molecular weight is 237 g/mol. The van der Waals surface area contributed by atoms with Gasteiger partial charge in [-0.2, -0.15) is 0 Å². The van der Waals surface area contributed by atoms with Crippen molar-refractivity contribution in [3.05, 3.63) is 23.2 Å². The van der Waals surface area contributed by atoms with Crippen molar-refractivity contribution >= 4 is 11.3 Å². The number of imidazole rings is 1. The molecular formula is C10H15N5S. The Morgan fingerprint density at radius 2 is 2.25 bits per heavy atom. The van der Waals surface area contributed by atoms with Gasteiger partial charge in [0.05, 0.1) is 0 Å². The second-order valence-electron chi connectivity index (χ2n) is 3.86. The molecule has 16 heavy (non-hydrogen) atoms. The molecule has 0 aromatic carbocycles. The van der Waals surface area contributed by atoms with Gasteiger partial charge in [-0.25, -0.2) is 4.98 Å². The summed E-state index contributed by atoms with van der Waals surface area (Å²) in [5.41, 5.74) is 0. The first-order chi connectivity index (χ1) is 7.66. The summed E-state index contributed by atoms with van der Waals surface area (Å²) in [4.78, 5) is 4.16. The Balaban J connectivity index is 2.11. The van der Waals surface area contributed by atoms with Crippen molar-refractivity contribution < 1.29 is 0 Å². The minimum absolute atomic E-state index is 0.460. The molecule has 0 saturated heterocycles. The highest BCUT2D eigenvalue weighted by Crippen LogP contribution is 2.15. The fourth-order valence-corrected chi connectivity index (χ4v) is 2.11. The summed E-state index contributed by atoms with van der Waals surface area (Å²) < 4.78 is 1.94. The molecule has 0 unspecified atom stereocenters. The summed E-state index contributed by atoms with van der Waals surface area (Å²) in [5, 5.41) is 13.5. The Bertz CT molecular complexity index is 459. The van der Waals surface area contributed by atoms with Crippen molar-refractivity contribution in [2.24, 2.45) is 0 Å². The highest BCUT2D eigenvalue weighted by atomic mass is 32.1. The first-order valence-electron chi connectivity index (χ1n) is 5.23. The fourth-order valence-electron chi connectivity index (χ4n) is 1.29. The molecule has 0 fully saturated rings. The van der Waals surface area contributed by atoms with E-state index in [1.807, 2.05) is 17.7 Å². The third kappa shape index (κ3) is 2.45. The van der Waals surface area contributed by atoms with E-state index in [1.54, 1.807) is 17.5 Å². The van der Waals surface area contributed by atoms with E-state index in [4.69, 9.17) is 0 Å². The van der Waals surface area contributed by atoms with Gasteiger partial charge in [0.15, 0.2) is 0 Å². The van der Waals surface area contributed by atoms with Crippen LogP contribution in [-0.2, 0) is 6.54 Å². The smallest absolute Gasteiger partial charge is 0.217 e. The van der Waals surface area contributed by atoms with Crippen molar-refractivity contribution in [2.75, 3.05) is 0 Å². The summed E-state index contributed by atoms with van der Waals surface area (Å²) in [6.45, 7) is 6.94. The number of hydrogen-bond donors (Lipinski definition) is 1. The monoisotopic (exact) mass is 237 g/mol. The van der Waals surface area contributed by atoms with Crippen LogP contribution in [0.25, 0.3) is 5.13 Å². The minimum atomic E-state index is 0.460. The zero-order chi connectivity index (χ0) is 11.5. The predicted molar refractivity (Wildman–Crippen MR) is 63.7 cm³/mol. The van der Waals surface area contributed by atoms with E-state index in [1.165, 1.54) is 0 Å². The Hall–Kier alpha value is -1.27. The van der Waals surface area contributed by atoms with Gasteiger partial charge >= 0.3 is 0 Å². The molecule has 0 atom stereocenters. The van der Waals surface area contributed by atoms with E-state index in [-0.39, 0.29) is 0 Å². The van der Waals surface area contributed by atoms with E-state index in [2.05, 4.69) is 34.3 Å². The Morgan fingerprint density at radius 1 is 1.44 bits per heavy atom. The van der Waals surface area contributed by atoms with Gasteiger partial charge in [0.2, 0.25) is 5.13 Å². The summed E-state index contributed by atoms with van der Waals surface area (Å²) in [5.74, 6) is 0.930. The largest absolute Gasteiger partial charge is 0.308 e. The molecule has 0 saturated carbocycles. The number of aryl methyl sites for hydroxylation is 1. The van der Waals surface area contributed by atoms with Crippen molar-refractivity contribution in [3.63, 3.8) is 0 Å². The second-order valence-corrected chi connectivity index (χ2v) is 4.90. The van der Waals surface area contributed by atoms with Crippen LogP contribution in [0.3, 0.4) is 0 Å². The summed E-state index contributed by atoms with van der Waals surface area (Å²) >= 11 is 1.58. The number of nitrogens with zero attached hydrogens (tertiary/aromatic N) is 4. The molecule has 0 spiro atoms. The van der Waals surface area contributed by atoms with Gasteiger partial charge in [-0.1, -0.05) is 25.2 Å². The quantitative estimate of drug-likeness (QED) is 0.876. The molecule has 86 valence electrons. The maximum Gasteiger partial charge on any atom is 0.217 e. The van der Waals surface area contributed by atoms with E-state index in [9.17, 15) is 0 Å². The molecule has 1 N–H and O–H groups in total. The SMILES string of the molecule is Cc1nccn1-c1nnc(CNC(C)C)s1. The number of aromatic nitrogens is 4. The molecule has 0 aliphatic heterocycles. The minimum Gasteiger partial charge on any atom is -0.308 e. The Labute approximate surface area is 98.5 Å². The summed E-state index contributed by atoms with van der Waals surface area (Å²) in [7, 11) is 0. The number of hydrogen-bond acceptors (Lipinski definition) is 5. The van der Waals surface area contributed by atoms with Gasteiger partial charge in [-0.05, 0) is 6.92 Å². The van der Waals surface area contributed by atoms with Crippen LogP contribution in [0.1, 0.15) is 24.7 Å². The van der Waals surface area contributed by atoms with Gasteiger partial charge in [0.25, 0.3) is 0 Å². The third-order valence-electron chi connectivity index (χ3n) is 2.15. The lowest BCUT2D eigenvalue weighted by atomic mass is 10.4. The molecule has 0 aliphatic rings. The molecule has 0 amide bonds. The highest BCUT2D eigenvalue weighted by molar-refractivity contribution is 7.13. The van der Waals surface area contributed by atoms with Crippen molar-refractivity contribution in [1.82, 2.24) is 25.1 Å². The first-order valence-corrected chi connectivity index (χ1v) is 6.04. The van der Waals surface area contributed by atoms with Crippen molar-refractivity contribution in [1.29, 1.82) is 0 Å². The highest BCUT2D eigenvalue weighted by Gasteiger charge is 2.07. The van der Waals surface area contributed by atoms with E-state index < -0.39 is 0 Å². The zero-order valence-corrected chi connectivity index (χ0v) is 10.5. The van der Waals surface area contributed by atoms with Gasteiger partial charge in [0.1, 0.15) is 10.8 Å². The zero-order valence-electron chi connectivity index (χ0n) is 9.64. The fraction of sp³-hybridized carbons (Fsp3) is 0.500. The molecule has 0 radical (unpaired) electrons. The molecular weight excluding hydrogens is 222 g/mol. The van der Waals surface area contributed by atoms with Crippen LogP contribution in [0.15, 0.2) is 12.4 Å². The van der Waals surface area contributed by atoms with Crippen LogP contribution in [-0.4, -0.2) is 25.8 Å². The van der Waals surface area contributed by atoms with E-state index in [0.29, 0.717) is 6.04 Å². The second kappa shape index (κ2) is 4.71. The van der Waals surface area contributed by atoms with Crippen LogP contribution < -0.4 is 5.32 Å². The van der Waals surface area contributed by atoms with Gasteiger partial charge in [-0.3, -0.25) is 4.57 Å². The van der Waals surface area contributed by atoms with Crippen molar-refractivity contribution in [3.8, 4) is 5.13 Å². The van der Waals surface area contributed by atoms with Crippen LogP contribution in [0.4, 0.5) is 0 Å². The molecule has 2 aromatic heterocycles. The van der Waals surface area contributed by atoms with Gasteiger partial charge in [-0.15, -0.1) is 10.2 Å². The molecule has 2 rings (SSSR count). The third-order valence-corrected chi connectivity index (χ3v) is 3.07. The standard InChI is InChI=1S/C10H15N5S/c1-7(2)12-6-9-13-14-10(16-9)15-5-4-11-8(15)3/h4-5,7,12H,6H2,1-3H3. The molecule has 5 nitrogen and oxygen atoms in total. The normalized spacial score (nSPS) is 11.2. The van der Waals surface area contributed by atoms with Gasteiger partial charge < -0.3 is 5.32 Å². The lowest BCUT2D eigenvalue weighted by molar-refractivity contribution is 0.584. The van der Waals surface area contributed by atoms with E-state index in [0.717, 1.165) is 22.5 Å². The Morgan fingerprint density at radius 3 is 2.88 bits per heavy atom. The van der Waals surface area contributed by atoms with Crippen LogP contribution in [0, 0.1) is 6.92 Å². The Kier molecular flexibility index (Phi) is 3.31. The molecule has 2 heterocycles. The molecule has 0 aliphatic carbocycles. The molecule has 2 aromatic rings. The number of nitrogens with one attached hydrogen (secondary N) is 1. The summed E-state index contributed by atoms with van der Waals surface area (Å²) in [6.07, 6.45) is 3.66. The van der Waals surface area contributed by atoms with E-state index >= 15 is 0 Å². The van der Waals surface area contributed by atoms with Crippen LogP contribution in [0.5, 0.6) is 0 Å². The van der Waals surface area contributed by atoms with Crippen LogP contribution >= 0.6 is 11.3 Å². The van der Waals surface area contributed by atoms with Crippen LogP contribution in [0.2, 0.25) is 0 Å². The van der Waals surface area contributed by atoms with Gasteiger partial charge in [0, 0.05) is 25.0 Å². The lowest BCUT2D eigenvalue weighted by Crippen LogP contribution is -2.21. The first kappa shape index (κ1) is 11.2. The topological polar surface area (TPSA) is 55.6 Å². The number of rotatable bonds is 4. The molecule has 0 bridgehead atoms. The summed E-state index contributed by atoms with van der Waals surface area (Å²) in [6, 6.07) is 0.460. The molecule has 6 heteroatoms. The maximum absolute atomic E-state index is 4.16. The maximum atomic E-state index is 4.16. The predicted octanol–water partition coefficient (Wildman–Crippen LogP) is 1.53. The lowest BCUT2D eigenvalue weighted by Gasteiger charge is -2.03. The van der Waals surface area contributed by atoms with Crippen molar-refractivity contribution in [2.45, 2.75) is 33.4 Å². The average Bonchev–Trinajstić information content (AvgIpc) is 2.83.